The van der Waals surface area contributed by atoms with Crippen LogP contribution in [0.1, 0.15) is 42.3 Å². The highest BCUT2D eigenvalue weighted by atomic mass is 19.4. The quantitative estimate of drug-likeness (QED) is 0.841. The highest BCUT2D eigenvalue weighted by molar-refractivity contribution is 6.01. The predicted octanol–water partition coefficient (Wildman–Crippen LogP) is 4.91. The van der Waals surface area contributed by atoms with Crippen molar-refractivity contribution in [1.29, 1.82) is 0 Å². The van der Waals surface area contributed by atoms with Gasteiger partial charge in [-0.3, -0.25) is 4.79 Å². The predicted molar refractivity (Wildman–Crippen MR) is 85.7 cm³/mol. The van der Waals surface area contributed by atoms with Crippen molar-refractivity contribution >= 4 is 5.91 Å². The number of rotatable bonds is 5. The highest BCUT2D eigenvalue weighted by Gasteiger charge is 2.30. The number of aryl methyl sites for hydroxylation is 1. The first kappa shape index (κ1) is 18.1. The molecular weight excluding hydrogens is 319 g/mol. The maximum absolute atomic E-state index is 12.7. The number of carbonyl (C=O) groups is 1. The summed E-state index contributed by atoms with van der Waals surface area (Å²) in [4.78, 5) is 12.5. The third-order valence-electron chi connectivity index (χ3n) is 3.62. The van der Waals surface area contributed by atoms with E-state index in [0.717, 1.165) is 17.7 Å². The molecule has 1 N–H and O–H groups in total. The van der Waals surface area contributed by atoms with Gasteiger partial charge < -0.3 is 9.73 Å². The Bertz CT molecular complexity index is 700. The van der Waals surface area contributed by atoms with E-state index in [1.165, 1.54) is 18.4 Å². The molecule has 0 aliphatic rings. The molecule has 1 amide bonds. The van der Waals surface area contributed by atoms with Crippen LogP contribution in [0.4, 0.5) is 13.2 Å². The number of nitrogens with one attached hydrogen (secondary N) is 1. The summed E-state index contributed by atoms with van der Waals surface area (Å²) in [5.74, 6) is 0.312. The van der Waals surface area contributed by atoms with Gasteiger partial charge in [0, 0.05) is 17.7 Å². The van der Waals surface area contributed by atoms with Crippen LogP contribution in [-0.4, -0.2) is 12.5 Å². The average molecular weight is 339 g/mol. The van der Waals surface area contributed by atoms with Crippen molar-refractivity contribution in [3.05, 3.63) is 47.2 Å². The number of halogens is 3. The Morgan fingerprint density at radius 3 is 2.33 bits per heavy atom. The van der Waals surface area contributed by atoms with E-state index in [-0.39, 0.29) is 5.91 Å². The first-order valence-electron chi connectivity index (χ1n) is 7.80. The van der Waals surface area contributed by atoms with Gasteiger partial charge in [0.15, 0.2) is 0 Å². The van der Waals surface area contributed by atoms with Crippen molar-refractivity contribution in [2.24, 2.45) is 5.92 Å². The lowest BCUT2D eigenvalue weighted by molar-refractivity contribution is -0.137. The molecule has 0 unspecified atom stereocenters. The topological polar surface area (TPSA) is 42.2 Å². The van der Waals surface area contributed by atoms with E-state index in [1.54, 1.807) is 0 Å². The summed E-state index contributed by atoms with van der Waals surface area (Å²) in [7, 11) is 0. The maximum Gasteiger partial charge on any atom is 0.416 e. The van der Waals surface area contributed by atoms with Crippen LogP contribution < -0.4 is 5.32 Å². The Labute approximate surface area is 138 Å². The van der Waals surface area contributed by atoms with Gasteiger partial charge in [-0.05, 0) is 24.5 Å². The van der Waals surface area contributed by atoms with Crippen molar-refractivity contribution in [2.75, 3.05) is 6.54 Å². The van der Waals surface area contributed by atoms with Crippen LogP contribution in [0, 0.1) is 5.92 Å². The lowest BCUT2D eigenvalue weighted by Crippen LogP contribution is -2.28. The number of furan rings is 1. The second kappa shape index (κ2) is 7.11. The monoisotopic (exact) mass is 339 g/mol. The molecular formula is C18H20F3NO2. The Morgan fingerprint density at radius 1 is 1.21 bits per heavy atom. The number of amides is 1. The number of alkyl halides is 3. The van der Waals surface area contributed by atoms with E-state index in [1.807, 2.05) is 20.8 Å². The molecule has 6 heteroatoms. The molecule has 2 rings (SSSR count). The van der Waals surface area contributed by atoms with Crippen LogP contribution in [0.5, 0.6) is 0 Å². The third-order valence-corrected chi connectivity index (χ3v) is 3.62. The van der Waals surface area contributed by atoms with E-state index in [9.17, 15) is 18.0 Å². The highest BCUT2D eigenvalue weighted by Crippen LogP contribution is 2.33. The van der Waals surface area contributed by atoms with E-state index < -0.39 is 11.7 Å². The number of carbonyl (C=O) groups excluding carboxylic acids is 1. The fraction of sp³-hybridized carbons (Fsp3) is 0.389. The van der Waals surface area contributed by atoms with Gasteiger partial charge in [-0.15, -0.1) is 0 Å². The van der Waals surface area contributed by atoms with Crippen LogP contribution in [0.25, 0.3) is 11.3 Å². The zero-order valence-electron chi connectivity index (χ0n) is 13.8. The molecule has 0 bridgehead atoms. The Kier molecular flexibility index (Phi) is 5.36. The van der Waals surface area contributed by atoms with Gasteiger partial charge in [0.2, 0.25) is 0 Å². The van der Waals surface area contributed by atoms with Crippen molar-refractivity contribution < 1.29 is 22.4 Å². The zero-order chi connectivity index (χ0) is 17.9. The molecule has 0 saturated carbocycles. The minimum absolute atomic E-state index is 0.274. The van der Waals surface area contributed by atoms with Gasteiger partial charge in [-0.25, -0.2) is 0 Å². The first-order valence-corrected chi connectivity index (χ1v) is 7.80. The fourth-order valence-electron chi connectivity index (χ4n) is 2.31. The Morgan fingerprint density at radius 2 is 1.83 bits per heavy atom. The van der Waals surface area contributed by atoms with Gasteiger partial charge in [0.25, 0.3) is 5.91 Å². The SMILES string of the molecule is CCc1coc(-c2ccc(C(F)(F)F)cc2)c1C(=O)NCC(C)C. The third kappa shape index (κ3) is 3.99. The molecule has 0 fully saturated rings. The zero-order valence-corrected chi connectivity index (χ0v) is 13.8. The van der Waals surface area contributed by atoms with Crippen molar-refractivity contribution in [1.82, 2.24) is 5.32 Å². The van der Waals surface area contributed by atoms with E-state index in [4.69, 9.17) is 4.42 Å². The number of hydrogen-bond donors (Lipinski definition) is 1. The Balaban J connectivity index is 2.37. The summed E-state index contributed by atoms with van der Waals surface area (Å²) >= 11 is 0. The normalized spacial score (nSPS) is 11.8. The molecule has 0 atom stereocenters. The number of hydrogen-bond acceptors (Lipinski definition) is 2. The summed E-state index contributed by atoms with van der Waals surface area (Å²) in [5.41, 5.74) is 0.820. The van der Waals surface area contributed by atoms with E-state index in [0.29, 0.717) is 35.8 Å². The molecule has 0 aliphatic heterocycles. The molecule has 2 aromatic rings. The van der Waals surface area contributed by atoms with Crippen LogP contribution in [0.2, 0.25) is 0 Å². The molecule has 1 aromatic heterocycles. The summed E-state index contributed by atoms with van der Waals surface area (Å²) in [5, 5.41) is 2.83. The largest absolute Gasteiger partial charge is 0.463 e. The second-order valence-electron chi connectivity index (χ2n) is 6.00. The average Bonchev–Trinajstić information content (AvgIpc) is 2.95. The lowest BCUT2D eigenvalue weighted by Gasteiger charge is -2.10. The van der Waals surface area contributed by atoms with Crippen molar-refractivity contribution in [3.63, 3.8) is 0 Å². The molecule has 1 aromatic carbocycles. The van der Waals surface area contributed by atoms with Gasteiger partial charge in [0.1, 0.15) is 5.76 Å². The fourth-order valence-corrected chi connectivity index (χ4v) is 2.31. The summed E-state index contributed by atoms with van der Waals surface area (Å²) in [6.45, 7) is 6.36. The molecule has 0 spiro atoms. The molecule has 0 saturated heterocycles. The van der Waals surface area contributed by atoms with Crippen molar-refractivity contribution in [2.45, 2.75) is 33.4 Å². The smallest absolute Gasteiger partial charge is 0.416 e. The summed E-state index contributed by atoms with van der Waals surface area (Å²) < 4.78 is 43.5. The standard InChI is InChI=1S/C18H20F3NO2/c1-4-12-10-24-16(15(12)17(23)22-9-11(2)3)13-5-7-14(8-6-13)18(19,20)21/h5-8,10-11H,4,9H2,1-3H3,(H,22,23). The molecule has 0 aliphatic carbocycles. The number of benzene rings is 1. The summed E-state index contributed by atoms with van der Waals surface area (Å²) in [6.07, 6.45) is -2.32. The minimum Gasteiger partial charge on any atom is -0.463 e. The van der Waals surface area contributed by atoms with E-state index >= 15 is 0 Å². The van der Waals surface area contributed by atoms with Crippen LogP contribution in [0.15, 0.2) is 34.9 Å². The second-order valence-corrected chi connectivity index (χ2v) is 6.00. The van der Waals surface area contributed by atoms with Crippen LogP contribution >= 0.6 is 0 Å². The molecule has 3 nitrogen and oxygen atoms in total. The minimum atomic E-state index is -4.40. The van der Waals surface area contributed by atoms with Crippen LogP contribution in [-0.2, 0) is 12.6 Å². The molecule has 1 heterocycles. The van der Waals surface area contributed by atoms with Gasteiger partial charge in [0.05, 0.1) is 17.4 Å². The van der Waals surface area contributed by atoms with Gasteiger partial charge in [-0.1, -0.05) is 32.9 Å². The van der Waals surface area contributed by atoms with Gasteiger partial charge in [-0.2, -0.15) is 13.2 Å². The Hall–Kier alpha value is -2.24. The first-order chi connectivity index (χ1) is 11.2. The maximum atomic E-state index is 12.7. The molecule has 24 heavy (non-hydrogen) atoms. The molecule has 130 valence electrons. The molecule has 0 radical (unpaired) electrons. The van der Waals surface area contributed by atoms with E-state index in [2.05, 4.69) is 5.32 Å². The summed E-state index contributed by atoms with van der Waals surface area (Å²) in [6, 6.07) is 4.61. The van der Waals surface area contributed by atoms with Crippen molar-refractivity contribution in [3.8, 4) is 11.3 Å². The van der Waals surface area contributed by atoms with Gasteiger partial charge >= 0.3 is 6.18 Å². The van der Waals surface area contributed by atoms with Crippen LogP contribution in [0.3, 0.4) is 0 Å². The lowest BCUT2D eigenvalue weighted by atomic mass is 10.0.